The number of hydrogen-bond donors (Lipinski definition) is 0. The molecule has 1 atom stereocenters. The first kappa shape index (κ1) is 21.9. The summed E-state index contributed by atoms with van der Waals surface area (Å²) in [6.45, 7) is 10.8. The standard InChI is InChI=1S/C25H37N3OS/c1-19(2)24-18-30-25(26-24)17-27(11-12-29-3)15-20-7-6-10-28(16-20)23-13-21-8-4-5-9-22(21)14-23/h4-5,8-9,18-20,23H,6-7,10-17H2,1-3H3/t20-/m0/s1. The topological polar surface area (TPSA) is 28.6 Å². The highest BCUT2D eigenvalue weighted by atomic mass is 32.1. The molecule has 0 spiro atoms. The van der Waals surface area contributed by atoms with Crippen molar-refractivity contribution < 1.29 is 4.74 Å². The van der Waals surface area contributed by atoms with Crippen LogP contribution in [-0.2, 0) is 24.1 Å². The largest absolute Gasteiger partial charge is 0.383 e. The molecule has 1 aromatic heterocycles. The Morgan fingerprint density at radius 2 is 2.00 bits per heavy atom. The molecule has 0 N–H and O–H groups in total. The molecule has 1 saturated heterocycles. The summed E-state index contributed by atoms with van der Waals surface area (Å²) in [5, 5.41) is 3.47. The molecule has 1 fully saturated rings. The Hall–Kier alpha value is -1.27. The summed E-state index contributed by atoms with van der Waals surface area (Å²) in [4.78, 5) is 10.2. The summed E-state index contributed by atoms with van der Waals surface area (Å²) in [6.07, 6.45) is 5.12. The number of piperidine rings is 1. The Morgan fingerprint density at radius 1 is 1.23 bits per heavy atom. The minimum atomic E-state index is 0.505. The summed E-state index contributed by atoms with van der Waals surface area (Å²) >= 11 is 1.81. The number of benzene rings is 1. The number of thiazole rings is 1. The van der Waals surface area contributed by atoms with Crippen molar-refractivity contribution in [3.8, 4) is 0 Å². The van der Waals surface area contributed by atoms with Crippen LogP contribution in [0.3, 0.4) is 0 Å². The fraction of sp³-hybridized carbons (Fsp3) is 0.640. The van der Waals surface area contributed by atoms with E-state index in [9.17, 15) is 0 Å². The van der Waals surface area contributed by atoms with Gasteiger partial charge in [-0.3, -0.25) is 9.80 Å². The second kappa shape index (κ2) is 10.4. The van der Waals surface area contributed by atoms with E-state index in [0.29, 0.717) is 12.0 Å². The predicted octanol–water partition coefficient (Wildman–Crippen LogP) is 4.59. The smallest absolute Gasteiger partial charge is 0.107 e. The Labute approximate surface area is 186 Å². The molecule has 0 amide bonds. The number of methoxy groups -OCH3 is 1. The average Bonchev–Trinajstić information content (AvgIpc) is 3.39. The number of fused-ring (bicyclic) bond motifs is 1. The van der Waals surface area contributed by atoms with Gasteiger partial charge < -0.3 is 4.74 Å². The third kappa shape index (κ3) is 5.50. The van der Waals surface area contributed by atoms with Crippen molar-refractivity contribution in [3.63, 3.8) is 0 Å². The first-order valence-corrected chi connectivity index (χ1v) is 12.5. The van der Waals surface area contributed by atoms with Gasteiger partial charge in [-0.2, -0.15) is 0 Å². The van der Waals surface area contributed by atoms with Crippen molar-refractivity contribution in [2.45, 2.75) is 58.0 Å². The zero-order valence-corrected chi connectivity index (χ0v) is 19.7. The summed E-state index contributed by atoms with van der Waals surface area (Å²) in [5.74, 6) is 1.24. The van der Waals surface area contributed by atoms with E-state index in [1.165, 1.54) is 49.5 Å². The third-order valence-corrected chi connectivity index (χ3v) is 7.60. The van der Waals surface area contributed by atoms with Crippen LogP contribution < -0.4 is 0 Å². The summed E-state index contributed by atoms with van der Waals surface area (Å²) < 4.78 is 5.41. The second-order valence-electron chi connectivity index (χ2n) is 9.38. The van der Waals surface area contributed by atoms with E-state index in [1.807, 2.05) is 11.3 Å². The van der Waals surface area contributed by atoms with Gasteiger partial charge in [-0.1, -0.05) is 38.1 Å². The first-order valence-electron chi connectivity index (χ1n) is 11.6. The van der Waals surface area contributed by atoms with Crippen LogP contribution >= 0.6 is 11.3 Å². The molecule has 2 heterocycles. The van der Waals surface area contributed by atoms with Gasteiger partial charge in [0, 0.05) is 38.2 Å². The minimum absolute atomic E-state index is 0.505. The van der Waals surface area contributed by atoms with Crippen LogP contribution in [0.15, 0.2) is 29.6 Å². The molecular weight excluding hydrogens is 390 g/mol. The molecule has 0 saturated carbocycles. The van der Waals surface area contributed by atoms with Crippen LogP contribution in [0.2, 0.25) is 0 Å². The van der Waals surface area contributed by atoms with Crippen LogP contribution in [0.1, 0.15) is 54.4 Å². The van der Waals surface area contributed by atoms with Gasteiger partial charge in [0.05, 0.1) is 18.8 Å². The van der Waals surface area contributed by atoms with Gasteiger partial charge in [0.25, 0.3) is 0 Å². The van der Waals surface area contributed by atoms with Crippen molar-refractivity contribution in [3.05, 3.63) is 51.5 Å². The van der Waals surface area contributed by atoms with Gasteiger partial charge in [-0.15, -0.1) is 11.3 Å². The predicted molar refractivity (Wildman–Crippen MR) is 125 cm³/mol. The van der Waals surface area contributed by atoms with Crippen molar-refractivity contribution in [1.82, 2.24) is 14.8 Å². The molecule has 0 bridgehead atoms. The quantitative estimate of drug-likeness (QED) is 0.585. The molecular formula is C25H37N3OS. The van der Waals surface area contributed by atoms with Crippen molar-refractivity contribution in [2.24, 2.45) is 5.92 Å². The Bertz CT molecular complexity index is 780. The fourth-order valence-corrected chi connectivity index (χ4v) is 6.04. The molecule has 0 unspecified atom stereocenters. The highest BCUT2D eigenvalue weighted by molar-refractivity contribution is 7.09. The number of likely N-dealkylation sites (tertiary alicyclic amines) is 1. The lowest BCUT2D eigenvalue weighted by Gasteiger charge is -2.38. The van der Waals surface area contributed by atoms with Gasteiger partial charge in [0.15, 0.2) is 0 Å². The highest BCUT2D eigenvalue weighted by Crippen LogP contribution is 2.29. The maximum Gasteiger partial charge on any atom is 0.107 e. The molecule has 1 aromatic carbocycles. The molecule has 2 aliphatic rings. The molecule has 5 heteroatoms. The zero-order chi connectivity index (χ0) is 20.9. The molecule has 0 radical (unpaired) electrons. The second-order valence-corrected chi connectivity index (χ2v) is 10.3. The van der Waals surface area contributed by atoms with E-state index in [1.54, 1.807) is 18.2 Å². The Kier molecular flexibility index (Phi) is 7.58. The molecule has 1 aliphatic carbocycles. The van der Waals surface area contributed by atoms with Crippen LogP contribution in [-0.4, -0.2) is 60.7 Å². The van der Waals surface area contributed by atoms with Gasteiger partial charge in [-0.05, 0) is 55.2 Å². The van der Waals surface area contributed by atoms with Gasteiger partial charge in [-0.25, -0.2) is 4.98 Å². The van der Waals surface area contributed by atoms with E-state index in [-0.39, 0.29) is 0 Å². The first-order chi connectivity index (χ1) is 14.6. The van der Waals surface area contributed by atoms with Crippen LogP contribution in [0.25, 0.3) is 0 Å². The maximum absolute atomic E-state index is 5.41. The van der Waals surface area contributed by atoms with E-state index >= 15 is 0 Å². The van der Waals surface area contributed by atoms with Crippen molar-refractivity contribution >= 4 is 11.3 Å². The SMILES string of the molecule is COCCN(Cc1nc(C(C)C)cs1)C[C@@H]1CCCN(C2Cc3ccccc3C2)C1. The van der Waals surface area contributed by atoms with Gasteiger partial charge >= 0.3 is 0 Å². The molecule has 4 nitrogen and oxygen atoms in total. The molecule has 4 rings (SSSR count). The minimum Gasteiger partial charge on any atom is -0.383 e. The number of aromatic nitrogens is 1. The van der Waals surface area contributed by atoms with E-state index in [4.69, 9.17) is 9.72 Å². The highest BCUT2D eigenvalue weighted by Gasteiger charge is 2.31. The van der Waals surface area contributed by atoms with E-state index < -0.39 is 0 Å². The van der Waals surface area contributed by atoms with Gasteiger partial charge in [0.2, 0.25) is 0 Å². The molecule has 30 heavy (non-hydrogen) atoms. The van der Waals surface area contributed by atoms with Crippen molar-refractivity contribution in [1.29, 1.82) is 0 Å². The number of nitrogens with zero attached hydrogens (tertiary/aromatic N) is 3. The molecule has 2 aromatic rings. The fourth-order valence-electron chi connectivity index (χ4n) is 5.05. The number of hydrogen-bond acceptors (Lipinski definition) is 5. The summed E-state index contributed by atoms with van der Waals surface area (Å²) in [7, 11) is 1.80. The number of ether oxygens (including phenoxy) is 1. The van der Waals surface area contributed by atoms with E-state index in [0.717, 1.165) is 32.2 Å². The monoisotopic (exact) mass is 427 g/mol. The molecule has 164 valence electrons. The van der Waals surface area contributed by atoms with Crippen LogP contribution in [0.5, 0.6) is 0 Å². The third-order valence-electron chi connectivity index (χ3n) is 6.74. The zero-order valence-electron chi connectivity index (χ0n) is 18.8. The summed E-state index contributed by atoms with van der Waals surface area (Å²) in [5.41, 5.74) is 4.36. The summed E-state index contributed by atoms with van der Waals surface area (Å²) in [6, 6.07) is 9.73. The molecule has 1 aliphatic heterocycles. The van der Waals surface area contributed by atoms with Gasteiger partial charge in [0.1, 0.15) is 5.01 Å². The maximum atomic E-state index is 5.41. The average molecular weight is 428 g/mol. The lowest BCUT2D eigenvalue weighted by molar-refractivity contribution is 0.0843. The van der Waals surface area contributed by atoms with E-state index in [2.05, 4.69) is 53.3 Å². The lowest BCUT2D eigenvalue weighted by Crippen LogP contribution is -2.46. The Balaban J connectivity index is 1.35. The van der Waals surface area contributed by atoms with Crippen LogP contribution in [0, 0.1) is 5.92 Å². The van der Waals surface area contributed by atoms with Crippen LogP contribution in [0.4, 0.5) is 0 Å². The van der Waals surface area contributed by atoms with Crippen molar-refractivity contribution in [2.75, 3.05) is 39.9 Å². The lowest BCUT2D eigenvalue weighted by atomic mass is 9.95. The number of rotatable bonds is 9. The normalized spacial score (nSPS) is 20.4. The Morgan fingerprint density at radius 3 is 2.67 bits per heavy atom.